The molecule has 0 bridgehead atoms. The molecule has 0 N–H and O–H groups in total. The molecule has 0 unspecified atom stereocenters. The molecule has 0 saturated carbocycles. The van der Waals surface area contributed by atoms with Crippen molar-refractivity contribution in [1.82, 2.24) is 9.78 Å². The third kappa shape index (κ3) is 1.19. The molecule has 0 fully saturated rings. The summed E-state index contributed by atoms with van der Waals surface area (Å²) in [5.74, 6) is 0. The number of fused-ring (bicyclic) bond motifs is 1. The average molecular weight is 209 g/mol. The SMILES string of the molecule is [C-]#[N+]c1ccc2c(cnn2-c2ccoc2)c1. The number of furan rings is 1. The van der Waals surface area contributed by atoms with Crippen LogP contribution in [-0.4, -0.2) is 9.78 Å². The third-order valence-electron chi connectivity index (χ3n) is 2.43. The van der Waals surface area contributed by atoms with E-state index in [1.54, 1.807) is 29.5 Å². The first-order valence-electron chi connectivity index (χ1n) is 4.76. The second-order valence-electron chi connectivity index (χ2n) is 3.39. The maximum atomic E-state index is 6.95. The van der Waals surface area contributed by atoms with Crippen molar-refractivity contribution in [3.8, 4) is 5.69 Å². The summed E-state index contributed by atoms with van der Waals surface area (Å²) in [5.41, 5.74) is 2.47. The second kappa shape index (κ2) is 3.24. The molecule has 0 aliphatic rings. The molecular formula is C12H7N3O. The highest BCUT2D eigenvalue weighted by Gasteiger charge is 2.05. The molecule has 1 aromatic carbocycles. The highest BCUT2D eigenvalue weighted by molar-refractivity contribution is 5.83. The Hall–Kier alpha value is -2.54. The van der Waals surface area contributed by atoms with Crippen molar-refractivity contribution < 1.29 is 4.42 Å². The Kier molecular flexibility index (Phi) is 1.77. The van der Waals surface area contributed by atoms with Crippen LogP contribution in [0.2, 0.25) is 0 Å². The molecule has 3 aromatic rings. The second-order valence-corrected chi connectivity index (χ2v) is 3.39. The van der Waals surface area contributed by atoms with E-state index in [-0.39, 0.29) is 0 Å². The van der Waals surface area contributed by atoms with Crippen LogP contribution in [0.3, 0.4) is 0 Å². The first kappa shape index (κ1) is 8.74. The van der Waals surface area contributed by atoms with Crippen molar-refractivity contribution in [3.63, 3.8) is 0 Å². The lowest BCUT2D eigenvalue weighted by Crippen LogP contribution is -1.92. The van der Waals surface area contributed by atoms with Gasteiger partial charge in [0, 0.05) is 11.5 Å². The Morgan fingerprint density at radius 2 is 2.25 bits per heavy atom. The topological polar surface area (TPSA) is 35.3 Å². The van der Waals surface area contributed by atoms with Crippen LogP contribution in [0.15, 0.2) is 47.4 Å². The normalized spacial score (nSPS) is 10.4. The Morgan fingerprint density at radius 3 is 3.00 bits per heavy atom. The Bertz CT molecular complexity index is 674. The molecule has 4 nitrogen and oxygen atoms in total. The van der Waals surface area contributed by atoms with Crippen LogP contribution in [0.4, 0.5) is 5.69 Å². The Morgan fingerprint density at radius 1 is 1.31 bits per heavy atom. The highest BCUT2D eigenvalue weighted by atomic mass is 16.3. The molecular weight excluding hydrogens is 202 g/mol. The lowest BCUT2D eigenvalue weighted by atomic mass is 10.2. The van der Waals surface area contributed by atoms with E-state index in [1.807, 2.05) is 18.2 Å². The molecule has 0 spiro atoms. The fraction of sp³-hybridized carbons (Fsp3) is 0. The van der Waals surface area contributed by atoms with E-state index in [1.165, 1.54) is 0 Å². The van der Waals surface area contributed by atoms with Gasteiger partial charge >= 0.3 is 0 Å². The number of hydrogen-bond donors (Lipinski definition) is 0. The molecule has 0 amide bonds. The molecule has 2 aromatic heterocycles. The van der Waals surface area contributed by atoms with Gasteiger partial charge in [0.2, 0.25) is 0 Å². The summed E-state index contributed by atoms with van der Waals surface area (Å²) in [7, 11) is 0. The number of hydrogen-bond acceptors (Lipinski definition) is 2. The molecule has 16 heavy (non-hydrogen) atoms. The van der Waals surface area contributed by atoms with Crippen molar-refractivity contribution >= 4 is 16.6 Å². The van der Waals surface area contributed by atoms with Crippen molar-refractivity contribution in [2.75, 3.05) is 0 Å². The van der Waals surface area contributed by atoms with Crippen LogP contribution in [-0.2, 0) is 0 Å². The van der Waals surface area contributed by atoms with E-state index in [0.29, 0.717) is 5.69 Å². The van der Waals surface area contributed by atoms with Crippen LogP contribution < -0.4 is 0 Å². The largest absolute Gasteiger partial charge is 0.470 e. The van der Waals surface area contributed by atoms with Gasteiger partial charge in [0.15, 0.2) is 5.69 Å². The minimum absolute atomic E-state index is 0.624. The van der Waals surface area contributed by atoms with Crippen LogP contribution in [0.25, 0.3) is 21.4 Å². The molecule has 2 heterocycles. The summed E-state index contributed by atoms with van der Waals surface area (Å²) >= 11 is 0. The quantitative estimate of drug-likeness (QED) is 0.577. The van der Waals surface area contributed by atoms with Gasteiger partial charge in [-0.25, -0.2) is 9.53 Å². The van der Waals surface area contributed by atoms with Gasteiger partial charge in [-0.2, -0.15) is 5.10 Å². The molecule has 0 atom stereocenters. The average Bonchev–Trinajstić information content (AvgIpc) is 2.96. The maximum absolute atomic E-state index is 6.95. The molecule has 0 radical (unpaired) electrons. The van der Waals surface area contributed by atoms with Gasteiger partial charge in [-0.1, -0.05) is 6.07 Å². The van der Waals surface area contributed by atoms with Gasteiger partial charge < -0.3 is 4.42 Å². The predicted molar refractivity (Wildman–Crippen MR) is 59.6 cm³/mol. The van der Waals surface area contributed by atoms with Crippen molar-refractivity contribution in [1.29, 1.82) is 0 Å². The fourth-order valence-electron chi connectivity index (χ4n) is 1.67. The minimum atomic E-state index is 0.624. The van der Waals surface area contributed by atoms with E-state index in [0.717, 1.165) is 16.6 Å². The fourth-order valence-corrected chi connectivity index (χ4v) is 1.67. The zero-order valence-electron chi connectivity index (χ0n) is 8.29. The predicted octanol–water partition coefficient (Wildman–Crippen LogP) is 3.17. The summed E-state index contributed by atoms with van der Waals surface area (Å²) in [4.78, 5) is 3.39. The summed E-state index contributed by atoms with van der Waals surface area (Å²) in [6.07, 6.45) is 4.99. The molecule has 4 heteroatoms. The van der Waals surface area contributed by atoms with E-state index in [2.05, 4.69) is 9.94 Å². The van der Waals surface area contributed by atoms with Gasteiger partial charge in [0.1, 0.15) is 12.0 Å². The zero-order chi connectivity index (χ0) is 11.0. The van der Waals surface area contributed by atoms with E-state index >= 15 is 0 Å². The first-order valence-corrected chi connectivity index (χ1v) is 4.76. The maximum Gasteiger partial charge on any atom is 0.188 e. The smallest absolute Gasteiger partial charge is 0.188 e. The number of nitrogens with zero attached hydrogens (tertiary/aromatic N) is 3. The molecule has 76 valence electrons. The number of rotatable bonds is 1. The molecule has 0 saturated heterocycles. The van der Waals surface area contributed by atoms with Crippen LogP contribution in [0, 0.1) is 6.57 Å². The number of benzene rings is 1. The standard InChI is InChI=1S/C12H7N3O/c1-13-10-2-3-12-9(6-10)7-14-15(12)11-4-5-16-8-11/h2-8H. The third-order valence-corrected chi connectivity index (χ3v) is 2.43. The lowest BCUT2D eigenvalue weighted by Gasteiger charge is -1.98. The highest BCUT2D eigenvalue weighted by Crippen LogP contribution is 2.23. The van der Waals surface area contributed by atoms with Gasteiger partial charge in [-0.15, -0.1) is 0 Å². The summed E-state index contributed by atoms with van der Waals surface area (Å²) in [6.45, 7) is 6.95. The first-order chi connectivity index (χ1) is 7.88. The number of aromatic nitrogens is 2. The van der Waals surface area contributed by atoms with Gasteiger partial charge in [0.05, 0.1) is 24.5 Å². The Labute approximate surface area is 91.5 Å². The zero-order valence-corrected chi connectivity index (χ0v) is 8.29. The van der Waals surface area contributed by atoms with E-state index < -0.39 is 0 Å². The molecule has 3 rings (SSSR count). The van der Waals surface area contributed by atoms with Crippen LogP contribution in [0.5, 0.6) is 0 Å². The van der Waals surface area contributed by atoms with Crippen molar-refractivity contribution in [2.45, 2.75) is 0 Å². The van der Waals surface area contributed by atoms with Gasteiger partial charge in [0.25, 0.3) is 0 Å². The Balaban J connectivity index is 2.26. The lowest BCUT2D eigenvalue weighted by molar-refractivity contribution is 0.565. The van der Waals surface area contributed by atoms with Crippen LogP contribution in [0.1, 0.15) is 0 Å². The van der Waals surface area contributed by atoms with E-state index in [9.17, 15) is 0 Å². The monoisotopic (exact) mass is 209 g/mol. The van der Waals surface area contributed by atoms with Gasteiger partial charge in [-0.05, 0) is 12.1 Å². The molecule has 0 aliphatic heterocycles. The van der Waals surface area contributed by atoms with E-state index in [4.69, 9.17) is 11.0 Å². The van der Waals surface area contributed by atoms with Crippen molar-refractivity contribution in [2.24, 2.45) is 0 Å². The summed E-state index contributed by atoms with van der Waals surface area (Å²) < 4.78 is 6.81. The van der Waals surface area contributed by atoms with Crippen LogP contribution >= 0.6 is 0 Å². The van der Waals surface area contributed by atoms with Gasteiger partial charge in [-0.3, -0.25) is 0 Å². The van der Waals surface area contributed by atoms with Crippen molar-refractivity contribution in [3.05, 3.63) is 54.4 Å². The minimum Gasteiger partial charge on any atom is -0.470 e. The molecule has 0 aliphatic carbocycles. The summed E-state index contributed by atoms with van der Waals surface area (Å²) in [6, 6.07) is 7.34. The summed E-state index contributed by atoms with van der Waals surface area (Å²) in [5, 5.41) is 5.22.